The van der Waals surface area contributed by atoms with Crippen molar-refractivity contribution in [3.05, 3.63) is 124 Å². The van der Waals surface area contributed by atoms with Crippen molar-refractivity contribution in [3.63, 3.8) is 0 Å². The molecule has 2 saturated carbocycles. The molecule has 0 aromatic heterocycles. The van der Waals surface area contributed by atoms with Crippen LogP contribution < -0.4 is 9.84 Å². The Balaban J connectivity index is 0.00000306. The topological polar surface area (TPSA) is 12.5 Å². The predicted molar refractivity (Wildman–Crippen MR) is 134 cm³/mol. The van der Waals surface area contributed by atoms with E-state index < -0.39 is 0 Å². The van der Waals surface area contributed by atoms with E-state index in [2.05, 4.69) is 159 Å². The molecule has 0 heterocycles. The average Bonchev–Trinajstić information content (AvgIpc) is 3.51. The van der Waals surface area contributed by atoms with Crippen molar-refractivity contribution in [2.45, 2.75) is 0 Å². The molecule has 33 heavy (non-hydrogen) atoms. The van der Waals surface area contributed by atoms with E-state index in [1.54, 1.807) is 0 Å². The van der Waals surface area contributed by atoms with E-state index in [0.717, 1.165) is 11.4 Å². The van der Waals surface area contributed by atoms with Gasteiger partial charge in [0.25, 0.3) is 0 Å². The molecule has 2 aromatic carbocycles. The van der Waals surface area contributed by atoms with Gasteiger partial charge in [-0.05, 0) is 49.9 Å². The first-order valence-corrected chi connectivity index (χ1v) is 11.0. The smallest absolute Gasteiger partial charge is 0.500 e. The Hall–Kier alpha value is -1.71. The maximum Gasteiger partial charge on any atom is 2.00 e. The van der Waals surface area contributed by atoms with Gasteiger partial charge in [-0.2, -0.15) is 0 Å². The van der Waals surface area contributed by atoms with Crippen LogP contribution in [0.1, 0.15) is 0 Å². The fourth-order valence-electron chi connectivity index (χ4n) is 4.37. The van der Waals surface area contributed by atoms with Gasteiger partial charge in [-0.3, -0.25) is 0 Å². The van der Waals surface area contributed by atoms with E-state index in [4.69, 9.17) is 0 Å². The largest absolute Gasteiger partial charge is 2.00 e. The van der Waals surface area contributed by atoms with Gasteiger partial charge in [0.05, 0.1) is 0 Å². The number of nitrogens with zero attached hydrogens (tertiary/aromatic N) is 4. The van der Waals surface area contributed by atoms with Crippen LogP contribution >= 0.6 is 0 Å². The van der Waals surface area contributed by atoms with Crippen LogP contribution in [-0.4, -0.2) is 50.4 Å². The second-order valence-electron chi connectivity index (χ2n) is 8.47. The minimum absolute atomic E-state index is 0. The summed E-state index contributed by atoms with van der Waals surface area (Å²) in [5.74, 6) is 2.50. The summed E-state index contributed by atoms with van der Waals surface area (Å²) < 4.78 is 4.55. The van der Waals surface area contributed by atoms with Crippen molar-refractivity contribution in [1.29, 1.82) is 0 Å². The molecule has 10 radical (unpaired) electrons. The third-order valence-electron chi connectivity index (χ3n) is 5.69. The first-order chi connectivity index (χ1) is 15.6. The summed E-state index contributed by atoms with van der Waals surface area (Å²) in [6, 6.07) is 21.3. The molecule has 2 aliphatic rings. The molecule has 0 saturated heterocycles. The summed E-state index contributed by atoms with van der Waals surface area (Å²) in [7, 11) is 8.57. The van der Waals surface area contributed by atoms with Crippen molar-refractivity contribution < 1.29 is 26.0 Å². The molecule has 0 bridgehead atoms. The molecule has 4 nitrogen and oxygen atoms in total. The molecule has 0 spiro atoms. The van der Waals surface area contributed by atoms with Gasteiger partial charge in [0.2, 0.25) is 0 Å². The zero-order chi connectivity index (χ0) is 22.5. The van der Waals surface area contributed by atoms with Crippen molar-refractivity contribution in [3.8, 4) is 0 Å². The third kappa shape index (κ3) is 5.86. The van der Waals surface area contributed by atoms with Gasteiger partial charge in [0.15, 0.2) is 0 Å². The van der Waals surface area contributed by atoms with Crippen LogP contribution in [0.2, 0.25) is 0 Å². The number of benzene rings is 2. The molecule has 0 atom stereocenters. The Kier molecular flexibility index (Phi) is 9.52. The zero-order valence-electron chi connectivity index (χ0n) is 19.7. The second kappa shape index (κ2) is 12.1. The predicted octanol–water partition coefficient (Wildman–Crippen LogP) is 3.86. The number of para-hydroxylation sites is 2. The van der Waals surface area contributed by atoms with Crippen molar-refractivity contribution in [1.82, 2.24) is 0 Å². The maximum absolute atomic E-state index is 2.42. The number of rotatable bonds is 7. The summed E-state index contributed by atoms with van der Waals surface area (Å²) >= 11 is 0. The first-order valence-electron chi connectivity index (χ1n) is 11.0. The van der Waals surface area contributed by atoms with Crippen LogP contribution in [0.15, 0.2) is 60.7 Å². The van der Waals surface area contributed by atoms with Gasteiger partial charge < -0.3 is 18.8 Å². The van der Waals surface area contributed by atoms with Crippen molar-refractivity contribution in [2.75, 3.05) is 38.0 Å². The molecule has 0 N–H and O–H groups in total. The van der Waals surface area contributed by atoms with Crippen LogP contribution in [0.4, 0.5) is 11.4 Å². The maximum atomic E-state index is 2.42. The van der Waals surface area contributed by atoms with Crippen LogP contribution in [-0.2, 0) is 17.1 Å². The number of hydrogen-bond acceptors (Lipinski definition) is 0. The second-order valence-corrected chi connectivity index (χ2v) is 8.47. The van der Waals surface area contributed by atoms with Crippen LogP contribution in [0.5, 0.6) is 0 Å². The van der Waals surface area contributed by atoms with Gasteiger partial charge in [0, 0.05) is 28.2 Å². The van der Waals surface area contributed by atoms with Crippen molar-refractivity contribution >= 4 is 24.7 Å². The van der Waals surface area contributed by atoms with Crippen LogP contribution in [0, 0.1) is 63.0 Å². The molecule has 166 valence electrons. The van der Waals surface area contributed by atoms with E-state index in [9.17, 15) is 0 Å². The molecule has 0 unspecified atom stereocenters. The zero-order valence-corrected chi connectivity index (χ0v) is 20.8. The Labute approximate surface area is 212 Å². The van der Waals surface area contributed by atoms with Crippen molar-refractivity contribution in [2.24, 2.45) is 0 Å². The van der Waals surface area contributed by atoms with Gasteiger partial charge in [-0.25, -0.2) is 0 Å². The molecule has 2 fully saturated rings. The molecule has 0 aliphatic heterocycles. The normalized spacial score (nSPS) is 16.2. The minimum atomic E-state index is 0. The molecular formula is C26H30B2FeN4+2. The molecular weight excluding hydrogens is 446 g/mol. The molecule has 4 rings (SSSR count). The molecule has 0 amide bonds. The monoisotopic (exact) mass is 476 g/mol. The van der Waals surface area contributed by atoms with Gasteiger partial charge >= 0.3 is 30.3 Å². The Morgan fingerprint density at radius 2 is 0.818 bits per heavy atom. The van der Waals surface area contributed by atoms with E-state index in [-0.39, 0.29) is 30.3 Å². The molecule has 2 aromatic rings. The number of anilines is 2. The summed E-state index contributed by atoms with van der Waals surface area (Å²) in [6.07, 6.45) is 17.3. The number of hydrogen-bond donors (Lipinski definition) is 0. The summed E-state index contributed by atoms with van der Waals surface area (Å²) in [5.41, 5.74) is 2.27. The number of hydrazine groups is 1. The van der Waals surface area contributed by atoms with E-state index in [0.29, 0.717) is 0 Å². The Bertz CT molecular complexity index is 865. The van der Waals surface area contributed by atoms with E-state index in [1.807, 2.05) is 0 Å². The Morgan fingerprint density at radius 3 is 1.09 bits per heavy atom. The summed E-state index contributed by atoms with van der Waals surface area (Å²) in [6.45, 7) is 0.00929. The van der Waals surface area contributed by atoms with Gasteiger partial charge in [0.1, 0.15) is 11.4 Å². The van der Waals surface area contributed by atoms with E-state index >= 15 is 0 Å². The average molecular weight is 476 g/mol. The summed E-state index contributed by atoms with van der Waals surface area (Å²) in [4.78, 5) is 4.84. The Morgan fingerprint density at radius 1 is 0.515 bits per heavy atom. The fraction of sp³-hybridized carbons (Fsp3) is 0.154. The van der Waals surface area contributed by atoms with Gasteiger partial charge in [-0.1, -0.05) is 73.7 Å². The standard InChI is InChI=1S/C26H30B2N4.Fe/c1-29(2)27(23-15-11-12-16-23)31(25-19-7-5-8-20-25)32(26-21-9-6-10-22-26)28(30(3)4)24-17-13-14-18-24;/h5-22H,1-4H3;/q;+2. The quantitative estimate of drug-likeness (QED) is 0.445. The summed E-state index contributed by atoms with van der Waals surface area (Å²) in [5, 5.41) is 0. The third-order valence-corrected chi connectivity index (χ3v) is 5.69. The first kappa shape index (κ1) is 25.9. The van der Waals surface area contributed by atoms with Crippen LogP contribution in [0.25, 0.3) is 0 Å². The minimum Gasteiger partial charge on any atom is -0.500 e. The van der Waals surface area contributed by atoms with Crippen LogP contribution in [0.3, 0.4) is 0 Å². The van der Waals surface area contributed by atoms with Gasteiger partial charge in [-0.15, -0.1) is 0 Å². The fourth-order valence-corrected chi connectivity index (χ4v) is 4.37. The SMILES string of the molecule is C[N+](C)=[B-]([C]1[CH][CH][CH][CH]1)N(c1ccccc1)N([B-]([C]1[CH][CH][CH][CH]1)=[N+](C)C)c1ccccc1.[Fe+2]. The molecule has 7 heteroatoms. The molecule has 2 aliphatic carbocycles. The van der Waals surface area contributed by atoms with E-state index in [1.165, 1.54) is 11.6 Å².